The van der Waals surface area contributed by atoms with E-state index in [0.717, 1.165) is 0 Å². The number of rotatable bonds is 2. The molecule has 6 heteroatoms. The summed E-state index contributed by atoms with van der Waals surface area (Å²) in [7, 11) is 0. The zero-order chi connectivity index (χ0) is 11.5. The minimum atomic E-state index is -0.494. The summed E-state index contributed by atoms with van der Waals surface area (Å²) in [6.07, 6.45) is 1.50. The molecular formula is C10H6Cl2FN3. The summed E-state index contributed by atoms with van der Waals surface area (Å²) in [5.41, 5.74) is 0.539. The van der Waals surface area contributed by atoms with Gasteiger partial charge in [-0.3, -0.25) is 0 Å². The molecule has 0 saturated carbocycles. The summed E-state index contributed by atoms with van der Waals surface area (Å²) in [6, 6.07) is 6.00. The number of nitrogens with zero attached hydrogens (tertiary/aromatic N) is 2. The van der Waals surface area contributed by atoms with Crippen LogP contribution in [0.2, 0.25) is 10.3 Å². The molecule has 16 heavy (non-hydrogen) atoms. The number of nitrogens with one attached hydrogen (secondary N) is 1. The molecule has 0 spiro atoms. The first-order chi connectivity index (χ1) is 7.65. The van der Waals surface area contributed by atoms with Gasteiger partial charge in [0, 0.05) is 11.9 Å². The van der Waals surface area contributed by atoms with Gasteiger partial charge in [-0.25, -0.2) is 14.4 Å². The Morgan fingerprint density at radius 2 is 2.00 bits per heavy atom. The van der Waals surface area contributed by atoms with Crippen molar-refractivity contribution in [2.45, 2.75) is 0 Å². The molecule has 0 atom stereocenters. The third-order valence-electron chi connectivity index (χ3n) is 1.82. The molecule has 0 radical (unpaired) electrons. The van der Waals surface area contributed by atoms with Gasteiger partial charge in [-0.15, -0.1) is 0 Å². The third kappa shape index (κ3) is 2.59. The summed E-state index contributed by atoms with van der Waals surface area (Å²) in [4.78, 5) is 7.64. The molecule has 2 aromatic rings. The van der Waals surface area contributed by atoms with E-state index >= 15 is 0 Å². The van der Waals surface area contributed by atoms with E-state index in [9.17, 15) is 4.39 Å². The standard InChI is InChI=1S/C10H6Cl2FN3/c11-7-2-1-6(5-8(7)13)15-9-3-4-14-10(12)16-9/h1-5H,(H,14,15,16). The van der Waals surface area contributed by atoms with Crippen LogP contribution in [-0.2, 0) is 0 Å². The van der Waals surface area contributed by atoms with Crippen LogP contribution in [0.5, 0.6) is 0 Å². The van der Waals surface area contributed by atoms with E-state index in [0.29, 0.717) is 11.5 Å². The van der Waals surface area contributed by atoms with Gasteiger partial charge >= 0.3 is 0 Å². The van der Waals surface area contributed by atoms with Crippen molar-refractivity contribution < 1.29 is 4.39 Å². The summed E-state index contributed by atoms with van der Waals surface area (Å²) in [5.74, 6) is -0.00598. The van der Waals surface area contributed by atoms with E-state index in [1.54, 1.807) is 12.1 Å². The van der Waals surface area contributed by atoms with E-state index in [-0.39, 0.29) is 10.3 Å². The van der Waals surface area contributed by atoms with E-state index in [4.69, 9.17) is 23.2 Å². The van der Waals surface area contributed by atoms with Gasteiger partial charge in [0.2, 0.25) is 5.28 Å². The smallest absolute Gasteiger partial charge is 0.224 e. The SMILES string of the molecule is Fc1cc(Nc2ccnc(Cl)n2)ccc1Cl. The van der Waals surface area contributed by atoms with E-state index in [1.165, 1.54) is 18.3 Å². The number of halogens is 3. The number of hydrogen-bond donors (Lipinski definition) is 1. The molecule has 0 amide bonds. The zero-order valence-corrected chi connectivity index (χ0v) is 9.43. The molecule has 1 aromatic heterocycles. The van der Waals surface area contributed by atoms with Crippen molar-refractivity contribution in [2.24, 2.45) is 0 Å². The average Bonchev–Trinajstić information content (AvgIpc) is 2.24. The van der Waals surface area contributed by atoms with Gasteiger partial charge in [-0.2, -0.15) is 0 Å². The van der Waals surface area contributed by atoms with Crippen LogP contribution in [-0.4, -0.2) is 9.97 Å². The molecule has 0 fully saturated rings. The molecule has 1 N–H and O–H groups in total. The Morgan fingerprint density at radius 1 is 1.19 bits per heavy atom. The van der Waals surface area contributed by atoms with Crippen LogP contribution in [0.15, 0.2) is 30.5 Å². The number of benzene rings is 1. The van der Waals surface area contributed by atoms with Crippen LogP contribution in [0.4, 0.5) is 15.9 Å². The Balaban J connectivity index is 2.24. The Hall–Kier alpha value is -1.39. The third-order valence-corrected chi connectivity index (χ3v) is 2.31. The number of aromatic nitrogens is 2. The second-order valence-electron chi connectivity index (χ2n) is 2.96. The highest BCUT2D eigenvalue weighted by atomic mass is 35.5. The summed E-state index contributed by atoms with van der Waals surface area (Å²) < 4.78 is 13.1. The summed E-state index contributed by atoms with van der Waals surface area (Å²) >= 11 is 11.2. The maximum Gasteiger partial charge on any atom is 0.224 e. The molecule has 0 aliphatic carbocycles. The van der Waals surface area contributed by atoms with Gasteiger partial charge in [-0.1, -0.05) is 11.6 Å². The highest BCUT2D eigenvalue weighted by molar-refractivity contribution is 6.30. The molecule has 82 valence electrons. The Morgan fingerprint density at radius 3 is 2.69 bits per heavy atom. The van der Waals surface area contributed by atoms with Gasteiger partial charge in [0.05, 0.1) is 5.02 Å². The maximum absolute atomic E-state index is 13.1. The van der Waals surface area contributed by atoms with Crippen LogP contribution in [0.25, 0.3) is 0 Å². The molecule has 0 saturated heterocycles. The lowest BCUT2D eigenvalue weighted by atomic mass is 10.3. The molecule has 2 rings (SSSR count). The lowest BCUT2D eigenvalue weighted by Crippen LogP contribution is -1.95. The molecule has 1 aromatic carbocycles. The van der Waals surface area contributed by atoms with Gasteiger partial charge < -0.3 is 5.32 Å². The fraction of sp³-hybridized carbons (Fsp3) is 0. The van der Waals surface area contributed by atoms with Crippen molar-refractivity contribution in [3.8, 4) is 0 Å². The number of anilines is 2. The van der Waals surface area contributed by atoms with Crippen LogP contribution in [0.3, 0.4) is 0 Å². The summed E-state index contributed by atoms with van der Waals surface area (Å²) in [6.45, 7) is 0. The first-order valence-corrected chi connectivity index (χ1v) is 5.11. The second kappa shape index (κ2) is 4.63. The molecule has 0 aliphatic heterocycles. The first kappa shape index (κ1) is 11.1. The topological polar surface area (TPSA) is 37.8 Å². The quantitative estimate of drug-likeness (QED) is 0.835. The van der Waals surface area contributed by atoms with Gasteiger partial charge in [0.1, 0.15) is 11.6 Å². The Bertz CT molecular complexity index is 519. The van der Waals surface area contributed by atoms with Crippen LogP contribution in [0.1, 0.15) is 0 Å². The minimum Gasteiger partial charge on any atom is -0.340 e. The lowest BCUT2D eigenvalue weighted by molar-refractivity contribution is 0.629. The highest BCUT2D eigenvalue weighted by Gasteiger charge is 2.02. The highest BCUT2D eigenvalue weighted by Crippen LogP contribution is 2.21. The predicted molar refractivity (Wildman–Crippen MR) is 61.7 cm³/mol. The van der Waals surface area contributed by atoms with Crippen molar-refractivity contribution in [1.29, 1.82) is 0 Å². The first-order valence-electron chi connectivity index (χ1n) is 4.36. The maximum atomic E-state index is 13.1. The molecule has 0 unspecified atom stereocenters. The number of hydrogen-bond acceptors (Lipinski definition) is 3. The largest absolute Gasteiger partial charge is 0.340 e. The zero-order valence-electron chi connectivity index (χ0n) is 7.92. The van der Waals surface area contributed by atoms with Gasteiger partial charge in [0.25, 0.3) is 0 Å². The van der Waals surface area contributed by atoms with Gasteiger partial charge in [0.15, 0.2) is 0 Å². The molecule has 0 aliphatic rings. The monoisotopic (exact) mass is 257 g/mol. The molecule has 0 bridgehead atoms. The van der Waals surface area contributed by atoms with E-state index in [2.05, 4.69) is 15.3 Å². The van der Waals surface area contributed by atoms with Crippen LogP contribution < -0.4 is 5.32 Å². The fourth-order valence-electron chi connectivity index (χ4n) is 1.13. The van der Waals surface area contributed by atoms with Crippen molar-refractivity contribution in [3.63, 3.8) is 0 Å². The molecular weight excluding hydrogens is 252 g/mol. The Labute approximate surface area is 101 Å². The van der Waals surface area contributed by atoms with Crippen molar-refractivity contribution in [1.82, 2.24) is 9.97 Å². The fourth-order valence-corrected chi connectivity index (χ4v) is 1.39. The summed E-state index contributed by atoms with van der Waals surface area (Å²) in [5, 5.41) is 3.08. The molecule has 3 nitrogen and oxygen atoms in total. The minimum absolute atomic E-state index is 0.0752. The van der Waals surface area contributed by atoms with Crippen molar-refractivity contribution in [2.75, 3.05) is 5.32 Å². The van der Waals surface area contributed by atoms with E-state index < -0.39 is 5.82 Å². The molecule has 1 heterocycles. The van der Waals surface area contributed by atoms with E-state index in [1.807, 2.05) is 0 Å². The average molecular weight is 258 g/mol. The predicted octanol–water partition coefficient (Wildman–Crippen LogP) is 3.67. The van der Waals surface area contributed by atoms with Crippen molar-refractivity contribution >= 4 is 34.7 Å². The Kier molecular flexibility index (Phi) is 3.22. The van der Waals surface area contributed by atoms with Crippen LogP contribution >= 0.6 is 23.2 Å². The van der Waals surface area contributed by atoms with Crippen molar-refractivity contribution in [3.05, 3.63) is 46.6 Å². The lowest BCUT2D eigenvalue weighted by Gasteiger charge is -2.05. The van der Waals surface area contributed by atoms with Crippen LogP contribution in [0, 0.1) is 5.82 Å². The second-order valence-corrected chi connectivity index (χ2v) is 3.71. The van der Waals surface area contributed by atoms with Gasteiger partial charge in [-0.05, 0) is 35.9 Å². The normalized spacial score (nSPS) is 10.2.